The summed E-state index contributed by atoms with van der Waals surface area (Å²) in [7, 11) is 0. The fourth-order valence-electron chi connectivity index (χ4n) is 0.925. The highest BCUT2D eigenvalue weighted by Gasteiger charge is 2.36. The van der Waals surface area contributed by atoms with Crippen LogP contribution in [0, 0.1) is 5.41 Å². The first kappa shape index (κ1) is 13.6. The second kappa shape index (κ2) is 5.44. The molecule has 0 heterocycles. The van der Waals surface area contributed by atoms with Gasteiger partial charge in [-0.15, -0.1) is 0 Å². The van der Waals surface area contributed by atoms with Crippen molar-refractivity contribution in [2.75, 3.05) is 6.54 Å². The van der Waals surface area contributed by atoms with Crippen molar-refractivity contribution in [1.29, 1.82) is 5.41 Å². The second-order valence-corrected chi connectivity index (χ2v) is 3.85. The number of carbonyl (C=O) groups is 2. The van der Waals surface area contributed by atoms with E-state index in [2.05, 4.69) is 17.9 Å². The molecular weight excluding hydrogens is 222 g/mol. The van der Waals surface area contributed by atoms with E-state index in [1.807, 2.05) is 0 Å². The first-order valence-electron chi connectivity index (χ1n) is 4.03. The number of thiol groups is 1. The first-order valence-corrected chi connectivity index (χ1v) is 4.48. The van der Waals surface area contributed by atoms with E-state index in [9.17, 15) is 9.59 Å². The average Bonchev–Trinajstić information content (AvgIpc) is 2.01. The van der Waals surface area contributed by atoms with Gasteiger partial charge in [-0.1, -0.05) is 0 Å². The number of nitrogens with one attached hydrogen (secondary N) is 2. The van der Waals surface area contributed by atoms with Gasteiger partial charge in [-0.05, 0) is 6.42 Å². The van der Waals surface area contributed by atoms with Gasteiger partial charge in [0.05, 0.1) is 6.42 Å². The molecule has 15 heavy (non-hydrogen) atoms. The molecule has 7 nitrogen and oxygen atoms in total. The molecule has 0 aliphatic heterocycles. The fraction of sp³-hybridized carbons (Fsp3) is 0.571. The van der Waals surface area contributed by atoms with Gasteiger partial charge in [0.15, 0.2) is 5.96 Å². The van der Waals surface area contributed by atoms with Gasteiger partial charge in [0.2, 0.25) is 0 Å². The van der Waals surface area contributed by atoms with Crippen LogP contribution in [0.1, 0.15) is 12.8 Å². The van der Waals surface area contributed by atoms with Crippen LogP contribution in [-0.2, 0) is 9.59 Å². The van der Waals surface area contributed by atoms with Gasteiger partial charge in [-0.2, -0.15) is 12.6 Å². The van der Waals surface area contributed by atoms with Crippen LogP contribution in [0.4, 0.5) is 0 Å². The molecule has 0 aromatic rings. The summed E-state index contributed by atoms with van der Waals surface area (Å²) in [4.78, 5) is 21.2. The molecule has 1 atom stereocenters. The number of rotatable bonds is 6. The van der Waals surface area contributed by atoms with Gasteiger partial charge in [0, 0.05) is 6.54 Å². The van der Waals surface area contributed by atoms with Crippen molar-refractivity contribution in [2.45, 2.75) is 17.6 Å². The second-order valence-electron chi connectivity index (χ2n) is 3.00. The SMILES string of the molecule is N=C(N)NCCC(S)(CC(=O)O)C(=O)O. The molecule has 0 rings (SSSR count). The van der Waals surface area contributed by atoms with Crippen LogP contribution >= 0.6 is 12.6 Å². The first-order chi connectivity index (χ1) is 6.78. The summed E-state index contributed by atoms with van der Waals surface area (Å²) in [6.07, 6.45) is -0.637. The van der Waals surface area contributed by atoms with Crippen molar-refractivity contribution in [2.24, 2.45) is 5.73 Å². The highest BCUT2D eigenvalue weighted by atomic mass is 32.1. The maximum Gasteiger partial charge on any atom is 0.320 e. The molecule has 0 saturated carbocycles. The summed E-state index contributed by atoms with van der Waals surface area (Å²) in [5.41, 5.74) is 4.98. The lowest BCUT2D eigenvalue weighted by molar-refractivity contribution is -0.146. The van der Waals surface area contributed by atoms with E-state index in [0.29, 0.717) is 0 Å². The molecule has 0 aliphatic carbocycles. The minimum Gasteiger partial charge on any atom is -0.481 e. The van der Waals surface area contributed by atoms with Crippen LogP contribution in [0.3, 0.4) is 0 Å². The third-order valence-corrected chi connectivity index (χ3v) is 2.27. The predicted molar refractivity (Wildman–Crippen MR) is 56.1 cm³/mol. The van der Waals surface area contributed by atoms with E-state index < -0.39 is 23.1 Å². The Morgan fingerprint density at radius 1 is 1.47 bits per heavy atom. The number of hydrogen-bond acceptors (Lipinski definition) is 4. The van der Waals surface area contributed by atoms with Gasteiger partial charge in [-0.3, -0.25) is 15.0 Å². The van der Waals surface area contributed by atoms with Crippen molar-refractivity contribution >= 4 is 30.5 Å². The number of nitrogens with two attached hydrogens (primary N) is 1. The van der Waals surface area contributed by atoms with Crippen molar-refractivity contribution in [3.05, 3.63) is 0 Å². The van der Waals surface area contributed by atoms with E-state index >= 15 is 0 Å². The van der Waals surface area contributed by atoms with Gasteiger partial charge in [0.25, 0.3) is 0 Å². The molecular formula is C7H13N3O4S. The molecule has 6 N–H and O–H groups in total. The summed E-state index contributed by atoms with van der Waals surface area (Å²) < 4.78 is -1.64. The number of hydrogen-bond donors (Lipinski definition) is 6. The van der Waals surface area contributed by atoms with Gasteiger partial charge in [-0.25, -0.2) is 0 Å². The Morgan fingerprint density at radius 3 is 2.33 bits per heavy atom. The van der Waals surface area contributed by atoms with Crippen LogP contribution in [0.2, 0.25) is 0 Å². The van der Waals surface area contributed by atoms with Crippen molar-refractivity contribution < 1.29 is 19.8 Å². The Hall–Kier alpha value is -1.44. The monoisotopic (exact) mass is 235 g/mol. The highest BCUT2D eigenvalue weighted by molar-refractivity contribution is 7.82. The molecule has 0 aromatic heterocycles. The molecule has 0 fully saturated rings. The third-order valence-electron chi connectivity index (χ3n) is 1.70. The smallest absolute Gasteiger partial charge is 0.320 e. The van der Waals surface area contributed by atoms with E-state index in [4.69, 9.17) is 21.4 Å². The predicted octanol–water partition coefficient (Wildman–Crippen LogP) is -0.913. The number of carboxylic acids is 2. The van der Waals surface area contributed by atoms with Crippen molar-refractivity contribution in [1.82, 2.24) is 5.32 Å². The average molecular weight is 235 g/mol. The molecule has 0 bridgehead atoms. The van der Waals surface area contributed by atoms with Crippen LogP contribution < -0.4 is 11.1 Å². The van der Waals surface area contributed by atoms with Crippen LogP contribution in [0.25, 0.3) is 0 Å². The molecule has 0 aromatic carbocycles. The molecule has 0 amide bonds. The summed E-state index contributed by atoms with van der Waals surface area (Å²) in [5, 5.41) is 26.5. The van der Waals surface area contributed by atoms with E-state index in [1.165, 1.54) is 0 Å². The Balaban J connectivity index is 4.32. The zero-order valence-electron chi connectivity index (χ0n) is 7.86. The van der Waals surface area contributed by atoms with E-state index in [1.54, 1.807) is 0 Å². The maximum atomic E-state index is 10.8. The highest BCUT2D eigenvalue weighted by Crippen LogP contribution is 2.23. The Kier molecular flexibility index (Phi) is 4.92. The fourth-order valence-corrected chi connectivity index (χ4v) is 1.17. The number of guanidine groups is 1. The molecule has 0 saturated heterocycles. The lowest BCUT2D eigenvalue weighted by Crippen LogP contribution is -2.40. The summed E-state index contributed by atoms with van der Waals surface area (Å²) in [6.45, 7) is 0.0818. The standard InChI is InChI=1S/C7H13N3O4S/c8-6(9)10-2-1-7(15,5(13)14)3-4(11)12/h15H,1-3H2,(H,11,12)(H,13,14)(H4,8,9,10). The molecule has 0 radical (unpaired) electrons. The van der Waals surface area contributed by atoms with Crippen LogP contribution in [-0.4, -0.2) is 39.4 Å². The lowest BCUT2D eigenvalue weighted by Gasteiger charge is -2.21. The molecule has 86 valence electrons. The van der Waals surface area contributed by atoms with Crippen LogP contribution in [0.5, 0.6) is 0 Å². The Bertz CT molecular complexity index is 283. The summed E-state index contributed by atoms with van der Waals surface area (Å²) in [5.74, 6) is -2.85. The zero-order chi connectivity index (χ0) is 12.1. The molecule has 1 unspecified atom stereocenters. The third kappa shape index (κ3) is 5.11. The van der Waals surface area contributed by atoms with Gasteiger partial charge < -0.3 is 21.3 Å². The number of aliphatic carboxylic acids is 2. The quantitative estimate of drug-likeness (QED) is 0.200. The minimum atomic E-state index is -1.64. The van der Waals surface area contributed by atoms with Gasteiger partial charge >= 0.3 is 11.9 Å². The zero-order valence-corrected chi connectivity index (χ0v) is 8.75. The number of carboxylic acid groups (broad SMARTS) is 2. The Morgan fingerprint density at radius 2 is 2.00 bits per heavy atom. The lowest BCUT2D eigenvalue weighted by atomic mass is 10.0. The van der Waals surface area contributed by atoms with Crippen LogP contribution in [0.15, 0.2) is 0 Å². The largest absolute Gasteiger partial charge is 0.481 e. The minimum absolute atomic E-state index is 0.0443. The van der Waals surface area contributed by atoms with Crippen molar-refractivity contribution in [3.8, 4) is 0 Å². The molecule has 8 heteroatoms. The van der Waals surface area contributed by atoms with Crippen molar-refractivity contribution in [3.63, 3.8) is 0 Å². The Labute approximate surface area is 91.6 Å². The molecule has 0 spiro atoms. The topological polar surface area (TPSA) is 136 Å². The maximum absolute atomic E-state index is 10.8. The summed E-state index contributed by atoms with van der Waals surface area (Å²) in [6, 6.07) is 0. The molecule has 0 aliphatic rings. The van der Waals surface area contributed by atoms with E-state index in [0.717, 1.165) is 0 Å². The normalized spacial score (nSPS) is 13.9. The summed E-state index contributed by atoms with van der Waals surface area (Å²) >= 11 is 3.82. The van der Waals surface area contributed by atoms with Gasteiger partial charge in [0.1, 0.15) is 4.75 Å². The van der Waals surface area contributed by atoms with E-state index in [-0.39, 0.29) is 18.9 Å².